The summed E-state index contributed by atoms with van der Waals surface area (Å²) in [6.07, 6.45) is 4.61. The molecule has 3 aliphatic heterocycles. The molecule has 0 amide bonds. The fraction of sp³-hybridized carbons (Fsp3) is 0.800. The predicted octanol–water partition coefficient (Wildman–Crippen LogP) is 0.500. The molecule has 15 heavy (non-hydrogen) atoms. The number of fused-ring (bicyclic) bond motifs is 2. The van der Waals surface area contributed by atoms with Gasteiger partial charge in [-0.25, -0.2) is 4.79 Å². The number of oxime groups is 1. The molecule has 3 heterocycles. The van der Waals surface area contributed by atoms with Crippen LogP contribution < -0.4 is 5.32 Å². The van der Waals surface area contributed by atoms with E-state index >= 15 is 0 Å². The van der Waals surface area contributed by atoms with Gasteiger partial charge in [-0.3, -0.25) is 0 Å². The molecule has 2 unspecified atom stereocenters. The van der Waals surface area contributed by atoms with Gasteiger partial charge in [-0.1, -0.05) is 5.16 Å². The number of nitrogens with zero attached hydrogens (tertiary/aromatic N) is 1. The summed E-state index contributed by atoms with van der Waals surface area (Å²) in [7, 11) is 0. The summed E-state index contributed by atoms with van der Waals surface area (Å²) in [5.41, 5.74) is -0.138. The maximum absolute atomic E-state index is 10.8. The van der Waals surface area contributed by atoms with E-state index in [9.17, 15) is 4.79 Å². The van der Waals surface area contributed by atoms with Crippen molar-refractivity contribution in [2.24, 2.45) is 5.16 Å². The molecular formula is C10H14N2O3. The Bertz CT molecular complexity index is 328. The van der Waals surface area contributed by atoms with E-state index in [1.54, 1.807) is 0 Å². The Hall–Kier alpha value is -1.10. The molecule has 0 aromatic carbocycles. The summed E-state index contributed by atoms with van der Waals surface area (Å²) >= 11 is 0. The minimum atomic E-state index is -0.947. The number of hydrogen-bond donors (Lipinski definition) is 2. The summed E-state index contributed by atoms with van der Waals surface area (Å²) in [4.78, 5) is 16.2. The Kier molecular flexibility index (Phi) is 1.80. The van der Waals surface area contributed by atoms with Gasteiger partial charge in [0, 0.05) is 31.3 Å². The van der Waals surface area contributed by atoms with Gasteiger partial charge >= 0.3 is 5.97 Å². The normalized spacial score (nSPS) is 42.8. The van der Waals surface area contributed by atoms with Crippen LogP contribution in [0.5, 0.6) is 0 Å². The molecule has 0 saturated carbocycles. The number of carboxylic acid groups (broad SMARTS) is 1. The first kappa shape index (κ1) is 9.15. The lowest BCUT2D eigenvalue weighted by atomic mass is 9.84. The average Bonchev–Trinajstić information content (AvgIpc) is 2.72. The van der Waals surface area contributed by atoms with Crippen LogP contribution in [0.3, 0.4) is 0 Å². The zero-order valence-corrected chi connectivity index (χ0v) is 8.40. The number of carboxylic acids is 1. The highest BCUT2D eigenvalue weighted by Gasteiger charge is 2.49. The van der Waals surface area contributed by atoms with Gasteiger partial charge in [0.05, 0.1) is 0 Å². The van der Waals surface area contributed by atoms with Crippen LogP contribution in [-0.4, -0.2) is 34.5 Å². The van der Waals surface area contributed by atoms with Crippen LogP contribution in [-0.2, 0) is 9.63 Å². The highest BCUT2D eigenvalue weighted by atomic mass is 16.7. The second-order valence-electron chi connectivity index (χ2n) is 4.84. The van der Waals surface area contributed by atoms with Crippen molar-refractivity contribution >= 4 is 11.7 Å². The molecule has 0 aromatic rings. The van der Waals surface area contributed by atoms with Gasteiger partial charge in [-0.05, 0) is 12.8 Å². The first-order chi connectivity index (χ1) is 7.17. The van der Waals surface area contributed by atoms with E-state index in [1.165, 1.54) is 12.8 Å². The predicted molar refractivity (Wildman–Crippen MR) is 52.7 cm³/mol. The Morgan fingerprint density at radius 3 is 2.67 bits per heavy atom. The quantitative estimate of drug-likeness (QED) is 0.661. The van der Waals surface area contributed by atoms with Gasteiger partial charge in [-0.15, -0.1) is 0 Å². The largest absolute Gasteiger partial charge is 0.477 e. The van der Waals surface area contributed by atoms with Crippen LogP contribution in [0.25, 0.3) is 0 Å². The van der Waals surface area contributed by atoms with Crippen molar-refractivity contribution in [3.8, 4) is 0 Å². The van der Waals surface area contributed by atoms with Crippen LogP contribution in [0.4, 0.5) is 0 Å². The van der Waals surface area contributed by atoms with Crippen LogP contribution in [0.15, 0.2) is 5.16 Å². The van der Waals surface area contributed by atoms with Crippen LogP contribution >= 0.6 is 0 Å². The fourth-order valence-corrected chi connectivity index (χ4v) is 3.06. The van der Waals surface area contributed by atoms with Crippen molar-refractivity contribution < 1.29 is 14.7 Å². The van der Waals surface area contributed by atoms with E-state index in [4.69, 9.17) is 9.94 Å². The summed E-state index contributed by atoms with van der Waals surface area (Å²) in [5.74, 6) is -0.947. The number of piperidine rings is 1. The summed E-state index contributed by atoms with van der Waals surface area (Å²) in [6, 6.07) is 0.985. The van der Waals surface area contributed by atoms with Crippen LogP contribution in [0.2, 0.25) is 0 Å². The van der Waals surface area contributed by atoms with E-state index in [-0.39, 0.29) is 11.3 Å². The minimum absolute atomic E-state index is 0.177. The van der Waals surface area contributed by atoms with Crippen molar-refractivity contribution in [1.82, 2.24) is 5.32 Å². The molecule has 0 radical (unpaired) electrons. The molecule has 82 valence electrons. The third-order valence-corrected chi connectivity index (χ3v) is 3.66. The molecule has 2 saturated heterocycles. The van der Waals surface area contributed by atoms with Crippen molar-refractivity contribution in [1.29, 1.82) is 0 Å². The molecule has 0 aromatic heterocycles. The van der Waals surface area contributed by atoms with E-state index in [0.29, 0.717) is 18.5 Å². The molecule has 3 aliphatic rings. The van der Waals surface area contributed by atoms with Crippen molar-refractivity contribution in [3.05, 3.63) is 0 Å². The molecular weight excluding hydrogens is 196 g/mol. The SMILES string of the molecule is O=C(O)C1=NOC2(C1)CC1CCC(C2)N1. The van der Waals surface area contributed by atoms with Gasteiger partial charge < -0.3 is 15.3 Å². The van der Waals surface area contributed by atoms with Crippen LogP contribution in [0, 0.1) is 0 Å². The van der Waals surface area contributed by atoms with E-state index in [1.807, 2.05) is 0 Å². The summed E-state index contributed by atoms with van der Waals surface area (Å²) in [6.45, 7) is 0. The van der Waals surface area contributed by atoms with Gasteiger partial charge in [0.25, 0.3) is 0 Å². The first-order valence-corrected chi connectivity index (χ1v) is 5.41. The van der Waals surface area contributed by atoms with E-state index < -0.39 is 5.97 Å². The lowest BCUT2D eigenvalue weighted by molar-refractivity contribution is -0.129. The minimum Gasteiger partial charge on any atom is -0.477 e. The topological polar surface area (TPSA) is 70.9 Å². The van der Waals surface area contributed by atoms with Crippen LogP contribution in [0.1, 0.15) is 32.1 Å². The van der Waals surface area contributed by atoms with Gasteiger partial charge in [0.15, 0.2) is 5.71 Å². The molecule has 2 bridgehead atoms. The van der Waals surface area contributed by atoms with E-state index in [0.717, 1.165) is 12.8 Å². The molecule has 2 fully saturated rings. The Labute approximate surface area is 87.5 Å². The molecule has 3 rings (SSSR count). The second-order valence-corrected chi connectivity index (χ2v) is 4.84. The molecule has 0 aliphatic carbocycles. The lowest BCUT2D eigenvalue weighted by Gasteiger charge is -2.35. The van der Waals surface area contributed by atoms with Gasteiger partial charge in [-0.2, -0.15) is 0 Å². The third kappa shape index (κ3) is 1.42. The molecule has 5 heteroatoms. The molecule has 1 spiro atoms. The zero-order chi connectivity index (χ0) is 10.5. The molecule has 2 atom stereocenters. The highest BCUT2D eigenvalue weighted by molar-refractivity contribution is 6.36. The Morgan fingerprint density at radius 2 is 2.13 bits per heavy atom. The molecule has 2 N–H and O–H groups in total. The maximum atomic E-state index is 10.8. The Balaban J connectivity index is 1.76. The smallest absolute Gasteiger partial charge is 0.353 e. The summed E-state index contributed by atoms with van der Waals surface area (Å²) in [5, 5.41) is 16.1. The zero-order valence-electron chi connectivity index (χ0n) is 8.40. The average molecular weight is 210 g/mol. The number of carbonyl (C=O) groups is 1. The van der Waals surface area contributed by atoms with E-state index in [2.05, 4.69) is 10.5 Å². The second kappa shape index (κ2) is 2.95. The number of nitrogens with one attached hydrogen (secondary N) is 1. The van der Waals surface area contributed by atoms with Gasteiger partial charge in [0.2, 0.25) is 0 Å². The lowest BCUT2D eigenvalue weighted by Crippen LogP contribution is -2.48. The Morgan fingerprint density at radius 1 is 1.47 bits per heavy atom. The van der Waals surface area contributed by atoms with Crippen molar-refractivity contribution in [2.75, 3.05) is 0 Å². The fourth-order valence-electron chi connectivity index (χ4n) is 3.06. The van der Waals surface area contributed by atoms with Gasteiger partial charge in [0.1, 0.15) is 5.60 Å². The standard InChI is InChI=1S/C10H14N2O3/c13-9(14)8-5-10(15-12-8)3-6-1-2-7(4-10)11-6/h6-7,11H,1-5H2,(H,13,14). The first-order valence-electron chi connectivity index (χ1n) is 5.41. The van der Waals surface area contributed by atoms with Crippen molar-refractivity contribution in [2.45, 2.75) is 49.8 Å². The van der Waals surface area contributed by atoms with Crippen molar-refractivity contribution in [3.63, 3.8) is 0 Å². The number of aliphatic carboxylic acids is 1. The highest BCUT2D eigenvalue weighted by Crippen LogP contribution is 2.41. The monoisotopic (exact) mass is 210 g/mol. The third-order valence-electron chi connectivity index (χ3n) is 3.66. The number of rotatable bonds is 1. The number of hydrogen-bond acceptors (Lipinski definition) is 4. The molecule has 5 nitrogen and oxygen atoms in total. The maximum Gasteiger partial charge on any atom is 0.353 e. The summed E-state index contributed by atoms with van der Waals surface area (Å²) < 4.78 is 0.